The summed E-state index contributed by atoms with van der Waals surface area (Å²) in [6.45, 7) is 4.00. The van der Waals surface area contributed by atoms with Gasteiger partial charge in [-0.25, -0.2) is 0 Å². The van der Waals surface area contributed by atoms with Gasteiger partial charge in [-0.2, -0.15) is 13.8 Å². The van der Waals surface area contributed by atoms with E-state index in [0.29, 0.717) is 12.0 Å². The Balaban J connectivity index is 0.000000357. The van der Waals surface area contributed by atoms with Crippen molar-refractivity contribution in [2.24, 2.45) is 0 Å². The van der Waals surface area contributed by atoms with Crippen LogP contribution in [-0.4, -0.2) is 12.1 Å². The number of nitrogens with one attached hydrogen (secondary N) is 1. The molecule has 0 saturated carbocycles. The Labute approximate surface area is 144 Å². The van der Waals surface area contributed by atoms with Crippen LogP contribution in [0.25, 0.3) is 0 Å². The maximum atomic E-state index is 7.94. The second-order valence-electron chi connectivity index (χ2n) is 5.21. The molecule has 1 aromatic carbocycles. The van der Waals surface area contributed by atoms with Crippen molar-refractivity contribution in [3.63, 3.8) is 0 Å². The van der Waals surface area contributed by atoms with Crippen LogP contribution < -0.4 is 5.32 Å². The van der Waals surface area contributed by atoms with Gasteiger partial charge in [0.2, 0.25) is 0 Å². The van der Waals surface area contributed by atoms with Gasteiger partial charge < -0.3 is 18.2 Å². The number of benzene rings is 1. The molecule has 1 N–H and O–H groups in total. The van der Waals surface area contributed by atoms with Gasteiger partial charge in [0.25, 0.3) is 0 Å². The first-order valence-electron chi connectivity index (χ1n) is 6.97. The monoisotopic (exact) mass is 430 g/mol. The van der Waals surface area contributed by atoms with E-state index in [1.807, 2.05) is 20.3 Å². The molecule has 3 rings (SSSR count). The molecule has 3 atom stereocenters. The van der Waals surface area contributed by atoms with Crippen molar-refractivity contribution >= 4 is 22.6 Å². The van der Waals surface area contributed by atoms with Gasteiger partial charge in [-0.15, -0.1) is 12.0 Å². The van der Waals surface area contributed by atoms with Gasteiger partial charge >= 0.3 is 19.5 Å². The van der Waals surface area contributed by atoms with Crippen molar-refractivity contribution in [1.82, 2.24) is 5.32 Å². The van der Waals surface area contributed by atoms with Crippen LogP contribution in [-0.2, 0) is 19.5 Å². The van der Waals surface area contributed by atoms with E-state index in [4.69, 9.17) is 3.87 Å². The van der Waals surface area contributed by atoms with Crippen molar-refractivity contribution in [2.75, 3.05) is 0 Å². The molecule has 0 aliphatic carbocycles. The molecule has 2 saturated heterocycles. The van der Waals surface area contributed by atoms with E-state index in [0.717, 1.165) is 6.04 Å². The normalized spacial score (nSPS) is 26.9. The summed E-state index contributed by atoms with van der Waals surface area (Å²) in [5.74, 6) is 0.681. The maximum absolute atomic E-state index is 7.94. The number of hydrogen-bond acceptors (Lipinski definition) is 2. The standard InChI is InChI=1S/C13H15IN.C3H7.Co.O/c14-11-3-1-9(2-4-11)10-7-12-5-6-13(8-10)15-12;1-3-2;;/h1-4,7,10,12-13,15H,5-6,8H2;3H,1-2H3;;/q2*-1;;/t10-,12?,13-;;;/m1.../s1. The van der Waals surface area contributed by atoms with Crippen LogP contribution in [0.15, 0.2) is 24.3 Å². The molecule has 0 spiro atoms. The molecule has 2 fully saturated rings. The fourth-order valence-electron chi connectivity index (χ4n) is 2.81. The molecule has 2 nitrogen and oxygen atoms in total. The second kappa shape index (κ2) is 10.0. The summed E-state index contributed by atoms with van der Waals surface area (Å²) >= 11 is 4.68. The third kappa shape index (κ3) is 5.54. The number of halogens is 1. The molecule has 2 aliphatic heterocycles. The molecule has 2 bridgehead atoms. The quantitative estimate of drug-likeness (QED) is 0.535. The summed E-state index contributed by atoms with van der Waals surface area (Å²) in [7, 11) is 0. The minimum absolute atomic E-state index is 0.674. The van der Waals surface area contributed by atoms with Gasteiger partial charge in [0.05, 0.1) is 0 Å². The number of fused-ring (bicyclic) bond motifs is 2. The van der Waals surface area contributed by atoms with Crippen molar-refractivity contribution in [3.8, 4) is 0 Å². The fraction of sp³-hybridized carbons (Fsp3) is 0.500. The molecule has 1 unspecified atom stereocenters. The summed E-state index contributed by atoms with van der Waals surface area (Å²) in [4.78, 5) is 0. The Bertz CT molecular complexity index is 373. The number of rotatable bonds is 1. The fourth-order valence-corrected chi connectivity index (χ4v) is 3.17. The van der Waals surface area contributed by atoms with Crippen LogP contribution in [0.3, 0.4) is 0 Å². The van der Waals surface area contributed by atoms with Gasteiger partial charge in [-0.1, -0.05) is 30.5 Å². The predicted octanol–water partition coefficient (Wildman–Crippen LogP) is 4.21. The number of piperidine rings is 1. The molecule has 0 radical (unpaired) electrons. The van der Waals surface area contributed by atoms with Crippen molar-refractivity contribution in [2.45, 2.75) is 51.1 Å². The predicted molar refractivity (Wildman–Crippen MR) is 87.1 cm³/mol. The summed E-state index contributed by atoms with van der Waals surface area (Å²) in [6, 6.07) is 10.4. The van der Waals surface area contributed by atoms with E-state index in [-0.39, 0.29) is 0 Å². The van der Waals surface area contributed by atoms with Crippen molar-refractivity contribution in [1.29, 1.82) is 0 Å². The van der Waals surface area contributed by atoms with Gasteiger partial charge in [0, 0.05) is 9.61 Å². The molecule has 115 valence electrons. The van der Waals surface area contributed by atoms with Crippen LogP contribution in [0.2, 0.25) is 0 Å². The number of hydrogen-bond donors (Lipinski definition) is 1. The molecule has 20 heavy (non-hydrogen) atoms. The second-order valence-corrected chi connectivity index (χ2v) is 6.46. The Morgan fingerprint density at radius 2 is 1.85 bits per heavy atom. The van der Waals surface area contributed by atoms with Crippen LogP contribution in [0.5, 0.6) is 0 Å². The third-order valence-corrected chi connectivity index (χ3v) is 4.30. The van der Waals surface area contributed by atoms with Gasteiger partial charge in [0.15, 0.2) is 0 Å². The molecule has 2 aliphatic rings. The molecule has 4 heteroatoms. The minimum atomic E-state index is 0.674. The van der Waals surface area contributed by atoms with E-state index in [9.17, 15) is 0 Å². The first kappa shape index (κ1) is 18.3. The Morgan fingerprint density at radius 1 is 1.25 bits per heavy atom. The SMILES string of the molecule is C[CH-]C.Ic1ccc([C@@H]2[CH-]C3CC[C@H](C2)N3)cc1.[O]=[Co]. The third-order valence-electron chi connectivity index (χ3n) is 3.58. The zero-order chi connectivity index (χ0) is 15.0. The summed E-state index contributed by atoms with van der Waals surface area (Å²) in [5.41, 5.74) is 1.49. The molecular formula is C16H22CoINO-2. The van der Waals surface area contributed by atoms with Crippen molar-refractivity contribution in [3.05, 3.63) is 46.2 Å². The Morgan fingerprint density at radius 3 is 2.40 bits per heavy atom. The van der Waals surface area contributed by atoms with Crippen LogP contribution >= 0.6 is 22.6 Å². The summed E-state index contributed by atoms with van der Waals surface area (Å²) in [5, 5.41) is 3.64. The Kier molecular flexibility index (Phi) is 9.16. The molecule has 2 heterocycles. The average Bonchev–Trinajstić information content (AvgIpc) is 2.81. The van der Waals surface area contributed by atoms with E-state index in [1.165, 1.54) is 28.4 Å². The van der Waals surface area contributed by atoms with E-state index >= 15 is 0 Å². The van der Waals surface area contributed by atoms with Crippen LogP contribution in [0.1, 0.15) is 44.6 Å². The van der Waals surface area contributed by atoms with Gasteiger partial charge in [0.1, 0.15) is 0 Å². The molecule has 1 aromatic rings. The van der Waals surface area contributed by atoms with Crippen LogP contribution in [0.4, 0.5) is 0 Å². The zero-order valence-corrected chi connectivity index (χ0v) is 15.1. The average molecular weight is 430 g/mol. The summed E-state index contributed by atoms with van der Waals surface area (Å²) in [6.07, 6.45) is 8.50. The topological polar surface area (TPSA) is 29.1 Å². The first-order chi connectivity index (χ1) is 9.72. The van der Waals surface area contributed by atoms with E-state index in [1.54, 1.807) is 0 Å². The zero-order valence-electron chi connectivity index (χ0n) is 11.9. The van der Waals surface area contributed by atoms with Crippen LogP contribution in [0, 0.1) is 16.4 Å². The molecule has 0 amide bonds. The van der Waals surface area contributed by atoms with Gasteiger partial charge in [-0.3, -0.25) is 0 Å². The van der Waals surface area contributed by atoms with E-state index < -0.39 is 0 Å². The molecular weight excluding hydrogens is 408 g/mol. The molecule has 0 aromatic heterocycles. The van der Waals surface area contributed by atoms with Crippen molar-refractivity contribution < 1.29 is 19.5 Å². The van der Waals surface area contributed by atoms with E-state index in [2.05, 4.69) is 74.3 Å². The first-order valence-corrected chi connectivity index (χ1v) is 8.47. The summed E-state index contributed by atoms with van der Waals surface area (Å²) < 4.78 is 9.26. The Hall–Kier alpha value is 0.216. The van der Waals surface area contributed by atoms with Gasteiger partial charge in [-0.05, 0) is 41.1 Å².